The molecule has 1 aliphatic rings. The van der Waals surface area contributed by atoms with E-state index in [0.717, 1.165) is 12.8 Å². The first-order valence-electron chi connectivity index (χ1n) is 5.46. The molecule has 2 N–H and O–H groups in total. The fraction of sp³-hybridized carbons (Fsp3) is 0.583. The van der Waals surface area contributed by atoms with Crippen LogP contribution in [-0.2, 0) is 5.54 Å². The van der Waals surface area contributed by atoms with Gasteiger partial charge in [0.15, 0.2) is 0 Å². The second kappa shape index (κ2) is 5.89. The van der Waals surface area contributed by atoms with Crippen LogP contribution in [0.2, 0.25) is 0 Å². The van der Waals surface area contributed by atoms with E-state index < -0.39 is 0 Å². The summed E-state index contributed by atoms with van der Waals surface area (Å²) in [7, 11) is 0. The van der Waals surface area contributed by atoms with Gasteiger partial charge in [0.05, 0.1) is 18.2 Å². The van der Waals surface area contributed by atoms with E-state index in [9.17, 15) is 0 Å². The molecule has 1 aliphatic carbocycles. The molecule has 2 rings (SSSR count). The molecule has 0 amide bonds. The Hall–Kier alpha value is -0.510. The molecule has 0 spiro atoms. The molecule has 0 fully saturated rings. The van der Waals surface area contributed by atoms with Gasteiger partial charge in [0, 0.05) is 11.6 Å². The molecular weight excluding hydrogens is 257 g/mol. The van der Waals surface area contributed by atoms with Crippen LogP contribution < -0.4 is 5.73 Å². The lowest BCUT2D eigenvalue weighted by atomic mass is 10.1. The molecule has 0 saturated heterocycles. The van der Waals surface area contributed by atoms with Crippen LogP contribution in [0.15, 0.2) is 18.6 Å². The minimum absolute atomic E-state index is 0. The summed E-state index contributed by atoms with van der Waals surface area (Å²) in [6.45, 7) is 6.56. The smallest absolute Gasteiger partial charge is 0.0955 e. The van der Waals surface area contributed by atoms with Gasteiger partial charge in [0.25, 0.3) is 0 Å². The van der Waals surface area contributed by atoms with Crippen LogP contribution in [0.25, 0.3) is 5.57 Å². The van der Waals surface area contributed by atoms with Gasteiger partial charge < -0.3 is 10.3 Å². The molecule has 0 radical (unpaired) electrons. The second-order valence-corrected chi connectivity index (χ2v) is 5.25. The van der Waals surface area contributed by atoms with Crippen molar-refractivity contribution in [2.24, 2.45) is 5.73 Å². The van der Waals surface area contributed by atoms with E-state index in [2.05, 4.69) is 36.4 Å². The number of nitrogens with two attached hydrogens (primary N) is 1. The normalized spacial score (nSPS) is 19.3. The SMILES string of the molecule is CC(C)(C)n1cncc1C1=CCC(N)C1.Cl.Cl. The number of halogens is 2. The van der Waals surface area contributed by atoms with E-state index in [1.54, 1.807) is 0 Å². The third-order valence-corrected chi connectivity index (χ3v) is 2.84. The van der Waals surface area contributed by atoms with Crippen LogP contribution in [-0.4, -0.2) is 15.6 Å². The van der Waals surface area contributed by atoms with E-state index in [1.807, 2.05) is 12.5 Å². The van der Waals surface area contributed by atoms with Crippen LogP contribution in [0, 0.1) is 0 Å². The van der Waals surface area contributed by atoms with Crippen molar-refractivity contribution in [3.8, 4) is 0 Å². The molecule has 1 heterocycles. The average Bonchev–Trinajstić information content (AvgIpc) is 2.68. The standard InChI is InChI=1S/C12H19N3.2ClH/c1-12(2,3)15-8-14-7-11(15)9-4-5-10(13)6-9;;/h4,7-8,10H,5-6,13H2,1-3H3;2*1H. The summed E-state index contributed by atoms with van der Waals surface area (Å²) >= 11 is 0. The Labute approximate surface area is 115 Å². The van der Waals surface area contributed by atoms with Crippen LogP contribution in [0.4, 0.5) is 0 Å². The lowest BCUT2D eigenvalue weighted by molar-refractivity contribution is 0.393. The van der Waals surface area contributed by atoms with Crippen molar-refractivity contribution in [1.82, 2.24) is 9.55 Å². The average molecular weight is 278 g/mol. The molecule has 98 valence electrons. The summed E-state index contributed by atoms with van der Waals surface area (Å²) in [5.41, 5.74) is 8.55. The van der Waals surface area contributed by atoms with Gasteiger partial charge in [-0.1, -0.05) is 6.08 Å². The summed E-state index contributed by atoms with van der Waals surface area (Å²) < 4.78 is 2.22. The fourth-order valence-corrected chi connectivity index (χ4v) is 2.02. The zero-order valence-corrected chi connectivity index (χ0v) is 12.1. The van der Waals surface area contributed by atoms with E-state index in [-0.39, 0.29) is 30.4 Å². The molecular formula is C12H21Cl2N3. The Bertz CT molecular complexity index is 391. The van der Waals surface area contributed by atoms with Gasteiger partial charge in [-0.05, 0) is 39.2 Å². The largest absolute Gasteiger partial charge is 0.327 e. The molecule has 3 nitrogen and oxygen atoms in total. The quantitative estimate of drug-likeness (QED) is 0.858. The van der Waals surface area contributed by atoms with Crippen molar-refractivity contribution in [2.75, 3.05) is 0 Å². The molecule has 5 heteroatoms. The monoisotopic (exact) mass is 277 g/mol. The van der Waals surface area contributed by atoms with Crippen LogP contribution in [0.5, 0.6) is 0 Å². The Morgan fingerprint density at radius 3 is 2.47 bits per heavy atom. The molecule has 17 heavy (non-hydrogen) atoms. The predicted octanol–water partition coefficient (Wildman–Crippen LogP) is 2.99. The maximum atomic E-state index is 5.91. The maximum Gasteiger partial charge on any atom is 0.0955 e. The van der Waals surface area contributed by atoms with E-state index >= 15 is 0 Å². The van der Waals surface area contributed by atoms with Gasteiger partial charge in [-0.15, -0.1) is 24.8 Å². The van der Waals surface area contributed by atoms with E-state index in [1.165, 1.54) is 11.3 Å². The third-order valence-electron chi connectivity index (χ3n) is 2.84. The topological polar surface area (TPSA) is 43.8 Å². The van der Waals surface area contributed by atoms with Gasteiger partial charge >= 0.3 is 0 Å². The van der Waals surface area contributed by atoms with Crippen LogP contribution in [0.3, 0.4) is 0 Å². The van der Waals surface area contributed by atoms with Gasteiger partial charge in [0.2, 0.25) is 0 Å². The van der Waals surface area contributed by atoms with Crippen molar-refractivity contribution in [3.05, 3.63) is 24.3 Å². The van der Waals surface area contributed by atoms with Gasteiger partial charge in [-0.25, -0.2) is 4.98 Å². The lowest BCUT2D eigenvalue weighted by Gasteiger charge is -2.24. The van der Waals surface area contributed by atoms with Gasteiger partial charge in [-0.3, -0.25) is 0 Å². The van der Waals surface area contributed by atoms with Crippen LogP contribution >= 0.6 is 24.8 Å². The van der Waals surface area contributed by atoms with Crippen molar-refractivity contribution in [2.45, 2.75) is 45.2 Å². The van der Waals surface area contributed by atoms with Gasteiger partial charge in [-0.2, -0.15) is 0 Å². The number of imidazole rings is 1. The number of aromatic nitrogens is 2. The highest BCUT2D eigenvalue weighted by Gasteiger charge is 2.22. The highest BCUT2D eigenvalue weighted by molar-refractivity contribution is 5.85. The molecule has 1 aromatic rings. The summed E-state index contributed by atoms with van der Waals surface area (Å²) in [6.07, 6.45) is 8.05. The zero-order chi connectivity index (χ0) is 11.1. The van der Waals surface area contributed by atoms with Crippen molar-refractivity contribution in [3.63, 3.8) is 0 Å². The zero-order valence-electron chi connectivity index (χ0n) is 10.5. The lowest BCUT2D eigenvalue weighted by Crippen LogP contribution is -2.23. The number of rotatable bonds is 1. The first-order chi connectivity index (χ1) is 6.98. The summed E-state index contributed by atoms with van der Waals surface area (Å²) in [4.78, 5) is 4.24. The van der Waals surface area contributed by atoms with Crippen LogP contribution in [0.1, 0.15) is 39.3 Å². The van der Waals surface area contributed by atoms with Crippen molar-refractivity contribution >= 4 is 30.4 Å². The second-order valence-electron chi connectivity index (χ2n) is 5.25. The highest BCUT2D eigenvalue weighted by atomic mass is 35.5. The molecule has 1 unspecified atom stereocenters. The highest BCUT2D eigenvalue weighted by Crippen LogP contribution is 2.29. The Balaban J connectivity index is 0.00000128. The predicted molar refractivity (Wildman–Crippen MR) is 76.9 cm³/mol. The fourth-order valence-electron chi connectivity index (χ4n) is 2.02. The Kier molecular flexibility index (Phi) is 5.72. The van der Waals surface area contributed by atoms with E-state index in [4.69, 9.17) is 5.73 Å². The third kappa shape index (κ3) is 3.47. The number of nitrogens with zero attached hydrogens (tertiary/aromatic N) is 2. The molecule has 0 aliphatic heterocycles. The minimum Gasteiger partial charge on any atom is -0.327 e. The Morgan fingerprint density at radius 1 is 1.35 bits per heavy atom. The van der Waals surface area contributed by atoms with Crippen molar-refractivity contribution < 1.29 is 0 Å². The summed E-state index contributed by atoms with van der Waals surface area (Å²) in [5.74, 6) is 0. The first kappa shape index (κ1) is 16.5. The maximum absolute atomic E-state index is 5.91. The summed E-state index contributed by atoms with van der Waals surface area (Å²) in [5, 5.41) is 0. The number of hydrogen-bond donors (Lipinski definition) is 1. The molecule has 1 aromatic heterocycles. The molecule has 0 aromatic carbocycles. The molecule has 0 saturated carbocycles. The molecule has 0 bridgehead atoms. The van der Waals surface area contributed by atoms with Gasteiger partial charge in [0.1, 0.15) is 0 Å². The Morgan fingerprint density at radius 2 is 2.00 bits per heavy atom. The van der Waals surface area contributed by atoms with Crippen molar-refractivity contribution in [1.29, 1.82) is 0 Å². The van der Waals surface area contributed by atoms with E-state index in [0.29, 0.717) is 6.04 Å². The first-order valence-corrected chi connectivity index (χ1v) is 5.46. The molecule has 1 atom stereocenters. The number of hydrogen-bond acceptors (Lipinski definition) is 2. The minimum atomic E-state index is 0. The summed E-state index contributed by atoms with van der Waals surface area (Å²) in [6, 6.07) is 0.295.